The molecular weight excluding hydrogens is 302 g/mol. The molecule has 22 heavy (non-hydrogen) atoms. The van der Waals surface area contributed by atoms with Gasteiger partial charge in [-0.2, -0.15) is 9.78 Å². The highest BCUT2D eigenvalue weighted by Gasteiger charge is 2.18. The van der Waals surface area contributed by atoms with Gasteiger partial charge in [-0.05, 0) is 24.4 Å². The molecule has 0 atom stereocenters. The SMILES string of the molecule is COC(=O)c1sccc1NC(=O)n1nc(C)c2ccccc21. The molecule has 3 aromatic rings. The molecule has 2 heterocycles. The molecule has 6 nitrogen and oxygen atoms in total. The van der Waals surface area contributed by atoms with Crippen molar-refractivity contribution in [1.82, 2.24) is 9.78 Å². The molecule has 3 rings (SSSR count). The number of benzene rings is 1. The number of methoxy groups -OCH3 is 1. The van der Waals surface area contributed by atoms with Gasteiger partial charge in [0.05, 0.1) is 24.0 Å². The van der Waals surface area contributed by atoms with Crippen molar-refractivity contribution in [1.29, 1.82) is 0 Å². The van der Waals surface area contributed by atoms with E-state index in [1.807, 2.05) is 31.2 Å². The number of aryl methyl sites for hydroxylation is 1. The summed E-state index contributed by atoms with van der Waals surface area (Å²) < 4.78 is 5.99. The van der Waals surface area contributed by atoms with Gasteiger partial charge in [0.1, 0.15) is 4.88 Å². The predicted molar refractivity (Wildman–Crippen MR) is 84.5 cm³/mol. The summed E-state index contributed by atoms with van der Waals surface area (Å²) in [6.07, 6.45) is 0. The van der Waals surface area contributed by atoms with E-state index in [4.69, 9.17) is 4.74 Å². The maximum atomic E-state index is 12.4. The fourth-order valence-corrected chi connectivity index (χ4v) is 2.97. The summed E-state index contributed by atoms with van der Waals surface area (Å²) in [5, 5.41) is 9.59. The first-order chi connectivity index (χ1) is 10.6. The van der Waals surface area contributed by atoms with Crippen molar-refractivity contribution in [3.63, 3.8) is 0 Å². The van der Waals surface area contributed by atoms with Crippen LogP contribution >= 0.6 is 11.3 Å². The molecule has 7 heteroatoms. The molecule has 0 fully saturated rings. The summed E-state index contributed by atoms with van der Waals surface area (Å²) in [5.41, 5.74) is 1.90. The molecule has 0 saturated heterocycles. The summed E-state index contributed by atoms with van der Waals surface area (Å²) in [7, 11) is 1.30. The van der Waals surface area contributed by atoms with Gasteiger partial charge in [-0.3, -0.25) is 0 Å². The molecule has 1 aromatic carbocycles. The quantitative estimate of drug-likeness (QED) is 0.737. The second kappa shape index (κ2) is 5.61. The standard InChI is InChI=1S/C15H13N3O3S/c1-9-10-5-3-4-6-12(10)18(17-9)15(20)16-11-7-8-22-13(11)14(19)21-2/h3-8H,1-2H3,(H,16,20). The lowest BCUT2D eigenvalue weighted by atomic mass is 10.2. The zero-order valence-corrected chi connectivity index (χ0v) is 12.8. The number of ether oxygens (including phenoxy) is 1. The number of nitrogens with one attached hydrogen (secondary N) is 1. The van der Waals surface area contributed by atoms with Gasteiger partial charge in [0, 0.05) is 5.39 Å². The number of fused-ring (bicyclic) bond motifs is 1. The number of hydrogen-bond acceptors (Lipinski definition) is 5. The first-order valence-corrected chi connectivity index (χ1v) is 7.41. The number of aromatic nitrogens is 2. The normalized spacial score (nSPS) is 10.6. The lowest BCUT2D eigenvalue weighted by Gasteiger charge is -2.06. The minimum atomic E-state index is -0.480. The fourth-order valence-electron chi connectivity index (χ4n) is 2.20. The molecule has 1 N–H and O–H groups in total. The maximum Gasteiger partial charge on any atom is 0.350 e. The van der Waals surface area contributed by atoms with E-state index in [9.17, 15) is 9.59 Å². The van der Waals surface area contributed by atoms with Crippen LogP contribution in [0, 0.1) is 6.92 Å². The second-order valence-electron chi connectivity index (χ2n) is 4.60. The van der Waals surface area contributed by atoms with Gasteiger partial charge in [-0.25, -0.2) is 9.59 Å². The average Bonchev–Trinajstić information content (AvgIpc) is 3.12. The number of anilines is 1. The van der Waals surface area contributed by atoms with Gasteiger partial charge in [0.25, 0.3) is 0 Å². The molecule has 0 aliphatic rings. The number of hydrogen-bond donors (Lipinski definition) is 1. The molecule has 0 aliphatic carbocycles. The minimum Gasteiger partial charge on any atom is -0.465 e. The third-order valence-electron chi connectivity index (χ3n) is 3.24. The topological polar surface area (TPSA) is 73.2 Å². The predicted octanol–water partition coefficient (Wildman–Crippen LogP) is 3.27. The maximum absolute atomic E-state index is 12.4. The smallest absolute Gasteiger partial charge is 0.350 e. The molecule has 1 amide bonds. The number of esters is 1. The molecule has 2 aromatic heterocycles. The minimum absolute atomic E-state index is 0.351. The van der Waals surface area contributed by atoms with Gasteiger partial charge in [0.15, 0.2) is 0 Å². The van der Waals surface area contributed by atoms with Crippen LogP contribution in [0.25, 0.3) is 10.9 Å². The van der Waals surface area contributed by atoms with Crippen LogP contribution in [0.3, 0.4) is 0 Å². The van der Waals surface area contributed by atoms with Crippen LogP contribution in [-0.4, -0.2) is 28.9 Å². The van der Waals surface area contributed by atoms with Crippen LogP contribution in [0.2, 0.25) is 0 Å². The van der Waals surface area contributed by atoms with Gasteiger partial charge >= 0.3 is 12.0 Å². The van der Waals surface area contributed by atoms with E-state index in [0.717, 1.165) is 11.1 Å². The van der Waals surface area contributed by atoms with E-state index in [-0.39, 0.29) is 0 Å². The molecule has 0 bridgehead atoms. The van der Waals surface area contributed by atoms with Crippen LogP contribution in [-0.2, 0) is 4.74 Å². The Morgan fingerprint density at radius 3 is 2.82 bits per heavy atom. The summed E-state index contributed by atoms with van der Waals surface area (Å²) in [6.45, 7) is 1.84. The van der Waals surface area contributed by atoms with Crippen molar-refractivity contribution in [3.8, 4) is 0 Å². The Morgan fingerprint density at radius 1 is 1.27 bits per heavy atom. The van der Waals surface area contributed by atoms with E-state index in [1.165, 1.54) is 23.1 Å². The highest BCUT2D eigenvalue weighted by molar-refractivity contribution is 7.12. The largest absolute Gasteiger partial charge is 0.465 e. The number of carbonyl (C=O) groups is 2. The zero-order valence-electron chi connectivity index (χ0n) is 12.0. The molecular formula is C15H13N3O3S. The monoisotopic (exact) mass is 315 g/mol. The van der Waals surface area contributed by atoms with Crippen LogP contribution in [0.5, 0.6) is 0 Å². The van der Waals surface area contributed by atoms with Crippen molar-refractivity contribution in [2.75, 3.05) is 12.4 Å². The Labute approximate surface area is 130 Å². The van der Waals surface area contributed by atoms with E-state index in [2.05, 4.69) is 10.4 Å². The average molecular weight is 315 g/mol. The molecule has 0 unspecified atom stereocenters. The molecule has 0 spiro atoms. The molecule has 0 radical (unpaired) electrons. The summed E-state index contributed by atoms with van der Waals surface area (Å²) in [6, 6.07) is 8.71. The van der Waals surface area contributed by atoms with Crippen LogP contribution < -0.4 is 5.32 Å². The molecule has 112 valence electrons. The first-order valence-electron chi connectivity index (χ1n) is 6.53. The Morgan fingerprint density at radius 2 is 2.05 bits per heavy atom. The number of nitrogens with zero attached hydrogens (tertiary/aromatic N) is 2. The summed E-state index contributed by atoms with van der Waals surface area (Å²) >= 11 is 1.21. The van der Waals surface area contributed by atoms with Gasteiger partial charge in [-0.1, -0.05) is 18.2 Å². The Balaban J connectivity index is 1.95. The summed E-state index contributed by atoms with van der Waals surface area (Å²) in [4.78, 5) is 24.4. The van der Waals surface area contributed by atoms with Crippen molar-refractivity contribution in [2.24, 2.45) is 0 Å². The number of rotatable bonds is 2. The number of para-hydroxylation sites is 1. The van der Waals surface area contributed by atoms with Crippen LogP contribution in [0.4, 0.5) is 10.5 Å². The van der Waals surface area contributed by atoms with Gasteiger partial charge in [-0.15, -0.1) is 11.3 Å². The van der Waals surface area contributed by atoms with E-state index in [0.29, 0.717) is 16.1 Å². The van der Waals surface area contributed by atoms with E-state index >= 15 is 0 Å². The third-order valence-corrected chi connectivity index (χ3v) is 4.14. The fraction of sp³-hybridized carbons (Fsp3) is 0.133. The number of amides is 1. The Kier molecular flexibility index (Phi) is 3.64. The van der Waals surface area contributed by atoms with Gasteiger partial charge in [0.2, 0.25) is 0 Å². The van der Waals surface area contributed by atoms with Crippen molar-refractivity contribution >= 4 is 39.9 Å². The lowest BCUT2D eigenvalue weighted by molar-refractivity contribution is 0.0607. The molecule has 0 saturated carbocycles. The zero-order chi connectivity index (χ0) is 15.7. The van der Waals surface area contributed by atoms with E-state index < -0.39 is 12.0 Å². The van der Waals surface area contributed by atoms with Crippen LogP contribution in [0.15, 0.2) is 35.7 Å². The molecule has 0 aliphatic heterocycles. The highest BCUT2D eigenvalue weighted by atomic mass is 32.1. The number of thiophene rings is 1. The van der Waals surface area contributed by atoms with Crippen molar-refractivity contribution < 1.29 is 14.3 Å². The van der Waals surface area contributed by atoms with Crippen molar-refractivity contribution in [2.45, 2.75) is 6.92 Å². The lowest BCUT2D eigenvalue weighted by Crippen LogP contribution is -2.21. The number of carbonyl (C=O) groups excluding carboxylic acids is 2. The van der Waals surface area contributed by atoms with Crippen LogP contribution in [0.1, 0.15) is 15.4 Å². The second-order valence-corrected chi connectivity index (χ2v) is 5.52. The van der Waals surface area contributed by atoms with E-state index in [1.54, 1.807) is 11.4 Å². The third kappa shape index (κ3) is 2.35. The first kappa shape index (κ1) is 14.3. The van der Waals surface area contributed by atoms with Crippen molar-refractivity contribution in [3.05, 3.63) is 46.3 Å². The Hall–Kier alpha value is -2.67. The highest BCUT2D eigenvalue weighted by Crippen LogP contribution is 2.24. The Bertz CT molecular complexity index is 866. The van der Waals surface area contributed by atoms with Gasteiger partial charge < -0.3 is 10.1 Å². The summed E-state index contributed by atoms with van der Waals surface area (Å²) in [5.74, 6) is -0.480.